The predicted molar refractivity (Wildman–Crippen MR) is 95.5 cm³/mol. The first-order valence-corrected chi connectivity index (χ1v) is 9.12. The van der Waals surface area contributed by atoms with Crippen LogP contribution in [-0.4, -0.2) is 36.1 Å². The highest BCUT2D eigenvalue weighted by Gasteiger charge is 2.34. The van der Waals surface area contributed by atoms with Crippen molar-refractivity contribution in [2.75, 3.05) is 19.4 Å². The maximum absolute atomic E-state index is 13.3. The number of fused-ring (bicyclic) bond motifs is 1. The Hall–Kier alpha value is -2.34. The Morgan fingerprint density at radius 3 is 2.40 bits per heavy atom. The van der Waals surface area contributed by atoms with E-state index in [1.807, 2.05) is 0 Å². The molecule has 0 N–H and O–H groups in total. The molecule has 4 nitrogen and oxygen atoms in total. The normalized spacial score (nSPS) is 13.3. The molecule has 0 radical (unpaired) electrons. The van der Waals surface area contributed by atoms with Gasteiger partial charge < -0.3 is 4.74 Å². The van der Waals surface area contributed by atoms with Crippen molar-refractivity contribution < 1.29 is 18.7 Å². The molecule has 2 amide bonds. The third-order valence-corrected chi connectivity index (χ3v) is 5.14. The summed E-state index contributed by atoms with van der Waals surface area (Å²) in [4.78, 5) is 25.8. The SMILES string of the molecule is COc1ccc(F)cc1CSCCCN1C(=O)c2ccccc2C1=O. The number of imide groups is 1. The van der Waals surface area contributed by atoms with Crippen molar-refractivity contribution in [1.29, 1.82) is 0 Å². The van der Waals surface area contributed by atoms with E-state index in [9.17, 15) is 14.0 Å². The first kappa shape index (κ1) is 17.5. The van der Waals surface area contributed by atoms with Crippen LogP contribution < -0.4 is 4.74 Å². The Kier molecular flexibility index (Phi) is 5.38. The molecule has 6 heteroatoms. The van der Waals surface area contributed by atoms with Gasteiger partial charge in [0.05, 0.1) is 18.2 Å². The van der Waals surface area contributed by atoms with Gasteiger partial charge in [0.15, 0.2) is 0 Å². The number of nitrogens with zero attached hydrogens (tertiary/aromatic N) is 1. The van der Waals surface area contributed by atoms with Crippen LogP contribution in [-0.2, 0) is 5.75 Å². The van der Waals surface area contributed by atoms with Gasteiger partial charge in [-0.2, -0.15) is 11.8 Å². The van der Waals surface area contributed by atoms with E-state index in [4.69, 9.17) is 4.74 Å². The zero-order valence-electron chi connectivity index (χ0n) is 13.8. The van der Waals surface area contributed by atoms with Crippen molar-refractivity contribution in [3.63, 3.8) is 0 Å². The number of hydrogen-bond donors (Lipinski definition) is 0. The molecule has 1 aliphatic rings. The number of rotatable bonds is 7. The van der Waals surface area contributed by atoms with Crippen LogP contribution >= 0.6 is 11.8 Å². The topological polar surface area (TPSA) is 46.6 Å². The Morgan fingerprint density at radius 1 is 1.08 bits per heavy atom. The third-order valence-electron chi connectivity index (χ3n) is 4.05. The molecule has 0 unspecified atom stereocenters. The summed E-state index contributed by atoms with van der Waals surface area (Å²) in [6.07, 6.45) is 0.688. The molecule has 3 rings (SSSR count). The number of benzene rings is 2. The van der Waals surface area contributed by atoms with Crippen LogP contribution in [0.25, 0.3) is 0 Å². The Bertz CT molecular complexity index is 774. The van der Waals surface area contributed by atoms with Crippen LogP contribution in [0.4, 0.5) is 4.39 Å². The standard InChI is InChI=1S/C19H18FNO3S/c1-24-17-8-7-14(20)11-13(17)12-25-10-4-9-21-18(22)15-5-2-3-6-16(15)19(21)23/h2-3,5-8,11H,4,9-10,12H2,1H3. The van der Waals surface area contributed by atoms with Crippen molar-refractivity contribution in [2.24, 2.45) is 0 Å². The van der Waals surface area contributed by atoms with E-state index in [-0.39, 0.29) is 17.6 Å². The van der Waals surface area contributed by atoms with E-state index >= 15 is 0 Å². The highest BCUT2D eigenvalue weighted by molar-refractivity contribution is 7.98. The molecule has 1 aliphatic heterocycles. The lowest BCUT2D eigenvalue weighted by atomic mass is 10.1. The van der Waals surface area contributed by atoms with Crippen molar-refractivity contribution in [2.45, 2.75) is 12.2 Å². The van der Waals surface area contributed by atoms with E-state index in [1.54, 1.807) is 49.2 Å². The van der Waals surface area contributed by atoms with E-state index in [0.717, 1.165) is 11.3 Å². The summed E-state index contributed by atoms with van der Waals surface area (Å²) in [5.41, 5.74) is 1.75. The lowest BCUT2D eigenvalue weighted by molar-refractivity contribution is 0.0655. The summed E-state index contributed by atoms with van der Waals surface area (Å²) in [6.45, 7) is 0.389. The number of carbonyl (C=O) groups is 2. The molecule has 0 fully saturated rings. The van der Waals surface area contributed by atoms with Crippen molar-refractivity contribution in [1.82, 2.24) is 4.90 Å². The fourth-order valence-corrected chi connectivity index (χ4v) is 3.73. The second kappa shape index (κ2) is 7.70. The lowest BCUT2D eigenvalue weighted by Crippen LogP contribution is -2.31. The fraction of sp³-hybridized carbons (Fsp3) is 0.263. The number of halogens is 1. The molecule has 2 aromatic carbocycles. The minimum atomic E-state index is -0.289. The Labute approximate surface area is 150 Å². The lowest BCUT2D eigenvalue weighted by Gasteiger charge is -2.13. The van der Waals surface area contributed by atoms with E-state index < -0.39 is 0 Å². The number of methoxy groups -OCH3 is 1. The smallest absolute Gasteiger partial charge is 0.261 e. The minimum absolute atomic E-state index is 0.225. The van der Waals surface area contributed by atoms with E-state index in [2.05, 4.69) is 0 Å². The molecule has 2 aromatic rings. The minimum Gasteiger partial charge on any atom is -0.496 e. The number of thioether (sulfide) groups is 1. The molecule has 0 spiro atoms. The van der Waals surface area contributed by atoms with Crippen LogP contribution in [0.1, 0.15) is 32.7 Å². The van der Waals surface area contributed by atoms with Gasteiger partial charge in [-0.3, -0.25) is 14.5 Å². The van der Waals surface area contributed by atoms with Gasteiger partial charge in [0.25, 0.3) is 11.8 Å². The van der Waals surface area contributed by atoms with Gasteiger partial charge in [-0.15, -0.1) is 0 Å². The predicted octanol–water partition coefficient (Wildman–Crippen LogP) is 3.75. The quantitative estimate of drug-likeness (QED) is 0.558. The highest BCUT2D eigenvalue weighted by Crippen LogP contribution is 2.25. The first-order chi connectivity index (χ1) is 12.1. The van der Waals surface area contributed by atoms with Gasteiger partial charge in [0.1, 0.15) is 11.6 Å². The van der Waals surface area contributed by atoms with Crippen molar-refractivity contribution in [3.05, 3.63) is 65.0 Å². The van der Waals surface area contributed by atoms with Crippen LogP contribution in [0.15, 0.2) is 42.5 Å². The summed E-state index contributed by atoms with van der Waals surface area (Å²) in [5, 5.41) is 0. The van der Waals surface area contributed by atoms with E-state index in [1.165, 1.54) is 17.0 Å². The molecule has 0 saturated heterocycles. The molecule has 130 valence electrons. The summed E-state index contributed by atoms with van der Waals surface area (Å²) in [6, 6.07) is 11.3. The van der Waals surface area contributed by atoms with Gasteiger partial charge >= 0.3 is 0 Å². The van der Waals surface area contributed by atoms with Crippen LogP contribution in [0, 0.1) is 5.82 Å². The van der Waals surface area contributed by atoms with Crippen molar-refractivity contribution in [3.8, 4) is 5.75 Å². The number of amides is 2. The molecule has 0 atom stereocenters. The number of hydrogen-bond acceptors (Lipinski definition) is 4. The average Bonchev–Trinajstić information content (AvgIpc) is 2.87. The fourth-order valence-electron chi connectivity index (χ4n) is 2.81. The monoisotopic (exact) mass is 359 g/mol. The number of ether oxygens (including phenoxy) is 1. The summed E-state index contributed by atoms with van der Waals surface area (Å²) in [7, 11) is 1.56. The van der Waals surface area contributed by atoms with Crippen molar-refractivity contribution >= 4 is 23.6 Å². The third kappa shape index (κ3) is 3.69. The van der Waals surface area contributed by atoms with Crippen LogP contribution in [0.5, 0.6) is 5.75 Å². The van der Waals surface area contributed by atoms with Crippen LogP contribution in [0.3, 0.4) is 0 Å². The summed E-state index contributed by atoms with van der Waals surface area (Å²) < 4.78 is 18.6. The Morgan fingerprint density at radius 2 is 1.76 bits per heavy atom. The molecule has 25 heavy (non-hydrogen) atoms. The van der Waals surface area contributed by atoms with Gasteiger partial charge in [-0.05, 0) is 42.5 Å². The van der Waals surface area contributed by atoms with Gasteiger partial charge in [0, 0.05) is 17.9 Å². The van der Waals surface area contributed by atoms with Gasteiger partial charge in [-0.25, -0.2) is 4.39 Å². The molecule has 0 bridgehead atoms. The zero-order chi connectivity index (χ0) is 17.8. The Balaban J connectivity index is 1.49. The second-order valence-corrected chi connectivity index (χ2v) is 6.78. The zero-order valence-corrected chi connectivity index (χ0v) is 14.6. The second-order valence-electron chi connectivity index (χ2n) is 5.67. The highest BCUT2D eigenvalue weighted by atomic mass is 32.2. The van der Waals surface area contributed by atoms with Gasteiger partial charge in [0.2, 0.25) is 0 Å². The maximum atomic E-state index is 13.3. The number of carbonyl (C=O) groups excluding carboxylic acids is 2. The average molecular weight is 359 g/mol. The van der Waals surface area contributed by atoms with Crippen LogP contribution in [0.2, 0.25) is 0 Å². The summed E-state index contributed by atoms with van der Waals surface area (Å²) in [5.74, 6) is 1.29. The molecule has 0 saturated carbocycles. The summed E-state index contributed by atoms with van der Waals surface area (Å²) >= 11 is 1.62. The molecule has 0 aliphatic carbocycles. The largest absolute Gasteiger partial charge is 0.496 e. The van der Waals surface area contributed by atoms with E-state index in [0.29, 0.717) is 35.6 Å². The molecular formula is C19H18FNO3S. The molecular weight excluding hydrogens is 341 g/mol. The first-order valence-electron chi connectivity index (χ1n) is 7.97. The molecule has 1 heterocycles. The molecule has 0 aromatic heterocycles. The van der Waals surface area contributed by atoms with Gasteiger partial charge in [-0.1, -0.05) is 12.1 Å². The maximum Gasteiger partial charge on any atom is 0.261 e.